The Balaban J connectivity index is 2.73. The monoisotopic (exact) mass is 291 g/mol. The highest BCUT2D eigenvalue weighted by Gasteiger charge is 2.24. The van der Waals surface area contributed by atoms with Gasteiger partial charge in [-0.3, -0.25) is 0 Å². The van der Waals surface area contributed by atoms with E-state index in [1.54, 1.807) is 12.1 Å². The molecular formula is C14H20Cl2FN. The van der Waals surface area contributed by atoms with Crippen LogP contribution in [-0.4, -0.2) is 11.9 Å². The smallest absolute Gasteiger partial charge is 0.129 e. The SMILES string of the molecule is CC(C)(C)C(CCCl)NCc1c(F)cccc1Cl. The van der Waals surface area contributed by atoms with Gasteiger partial charge in [-0.25, -0.2) is 4.39 Å². The zero-order chi connectivity index (χ0) is 13.8. The predicted molar refractivity (Wildman–Crippen MR) is 76.8 cm³/mol. The summed E-state index contributed by atoms with van der Waals surface area (Å²) in [5, 5.41) is 3.81. The van der Waals surface area contributed by atoms with Gasteiger partial charge in [-0.05, 0) is 24.0 Å². The van der Waals surface area contributed by atoms with Crippen LogP contribution in [0.3, 0.4) is 0 Å². The molecule has 0 heterocycles. The standard InChI is InChI=1S/C14H20Cl2FN/c1-14(2,3)13(7-8-15)18-9-10-11(16)5-4-6-12(10)17/h4-6,13,18H,7-9H2,1-3H3. The van der Waals surface area contributed by atoms with Gasteiger partial charge in [0.1, 0.15) is 5.82 Å². The van der Waals surface area contributed by atoms with Gasteiger partial charge < -0.3 is 5.32 Å². The summed E-state index contributed by atoms with van der Waals surface area (Å²) < 4.78 is 13.6. The van der Waals surface area contributed by atoms with E-state index in [0.717, 1.165) is 6.42 Å². The molecule has 1 rings (SSSR count). The summed E-state index contributed by atoms with van der Waals surface area (Å²) in [7, 11) is 0. The second-order valence-electron chi connectivity index (χ2n) is 5.48. The van der Waals surface area contributed by atoms with E-state index in [-0.39, 0.29) is 17.3 Å². The fourth-order valence-corrected chi connectivity index (χ4v) is 2.32. The molecule has 0 aliphatic rings. The van der Waals surface area contributed by atoms with E-state index in [0.29, 0.717) is 23.0 Å². The van der Waals surface area contributed by atoms with Gasteiger partial charge in [-0.15, -0.1) is 11.6 Å². The first kappa shape index (κ1) is 15.7. The second kappa shape index (κ2) is 6.74. The molecule has 0 spiro atoms. The molecule has 1 atom stereocenters. The first-order valence-corrected chi connectivity index (χ1v) is 6.99. The summed E-state index contributed by atoms with van der Waals surface area (Å²) in [6.45, 7) is 6.84. The normalized spacial score (nSPS) is 13.7. The minimum Gasteiger partial charge on any atom is -0.309 e. The highest BCUT2D eigenvalue weighted by atomic mass is 35.5. The molecule has 1 N–H and O–H groups in total. The maximum absolute atomic E-state index is 13.6. The Labute approximate surface area is 119 Å². The highest BCUT2D eigenvalue weighted by molar-refractivity contribution is 6.31. The van der Waals surface area contributed by atoms with Crippen molar-refractivity contribution in [2.45, 2.75) is 39.8 Å². The fourth-order valence-electron chi connectivity index (χ4n) is 1.88. The molecule has 0 saturated carbocycles. The van der Waals surface area contributed by atoms with Crippen molar-refractivity contribution < 1.29 is 4.39 Å². The summed E-state index contributed by atoms with van der Waals surface area (Å²) in [5.74, 6) is 0.313. The number of benzene rings is 1. The first-order chi connectivity index (χ1) is 8.36. The Kier molecular flexibility index (Phi) is 5.90. The van der Waals surface area contributed by atoms with Crippen molar-refractivity contribution >= 4 is 23.2 Å². The van der Waals surface area contributed by atoms with Crippen LogP contribution in [-0.2, 0) is 6.54 Å². The van der Waals surface area contributed by atoms with Crippen LogP contribution < -0.4 is 5.32 Å². The zero-order valence-corrected chi connectivity index (χ0v) is 12.6. The van der Waals surface area contributed by atoms with E-state index in [2.05, 4.69) is 26.1 Å². The number of hydrogen-bond donors (Lipinski definition) is 1. The maximum Gasteiger partial charge on any atom is 0.129 e. The van der Waals surface area contributed by atoms with E-state index >= 15 is 0 Å². The van der Waals surface area contributed by atoms with Gasteiger partial charge in [0, 0.05) is 29.1 Å². The summed E-state index contributed by atoms with van der Waals surface area (Å²) in [5.41, 5.74) is 0.593. The lowest BCUT2D eigenvalue weighted by molar-refractivity contribution is 0.260. The van der Waals surface area contributed by atoms with E-state index in [9.17, 15) is 4.39 Å². The van der Waals surface area contributed by atoms with Crippen LogP contribution in [0.25, 0.3) is 0 Å². The third-order valence-corrected chi connectivity index (χ3v) is 3.60. The number of hydrogen-bond acceptors (Lipinski definition) is 1. The lowest BCUT2D eigenvalue weighted by Gasteiger charge is -2.31. The Bertz CT molecular complexity index is 368. The summed E-state index contributed by atoms with van der Waals surface area (Å²) in [6, 6.07) is 4.97. The molecule has 1 nitrogen and oxygen atoms in total. The average Bonchev–Trinajstić information content (AvgIpc) is 2.25. The van der Waals surface area contributed by atoms with E-state index in [1.807, 2.05) is 0 Å². The first-order valence-electron chi connectivity index (χ1n) is 6.08. The highest BCUT2D eigenvalue weighted by Crippen LogP contribution is 2.24. The van der Waals surface area contributed by atoms with Gasteiger partial charge in [-0.1, -0.05) is 38.4 Å². The largest absolute Gasteiger partial charge is 0.309 e. The van der Waals surface area contributed by atoms with Crippen molar-refractivity contribution in [3.05, 3.63) is 34.6 Å². The number of nitrogens with one attached hydrogen (secondary N) is 1. The molecule has 4 heteroatoms. The molecule has 0 bridgehead atoms. The number of halogens is 3. The van der Waals surface area contributed by atoms with E-state index < -0.39 is 0 Å². The van der Waals surface area contributed by atoms with E-state index in [4.69, 9.17) is 23.2 Å². The van der Waals surface area contributed by atoms with Gasteiger partial charge in [0.05, 0.1) is 0 Å². The Morgan fingerprint density at radius 3 is 2.50 bits per heavy atom. The minimum atomic E-state index is -0.270. The molecule has 0 aliphatic heterocycles. The van der Waals surface area contributed by atoms with Crippen LogP contribution in [0.1, 0.15) is 32.8 Å². The summed E-state index contributed by atoms with van der Waals surface area (Å²) in [6.07, 6.45) is 0.844. The topological polar surface area (TPSA) is 12.0 Å². The molecule has 0 saturated heterocycles. The Morgan fingerprint density at radius 2 is 2.00 bits per heavy atom. The molecule has 0 fully saturated rings. The van der Waals surface area contributed by atoms with Crippen molar-refractivity contribution in [2.24, 2.45) is 5.41 Å². The van der Waals surface area contributed by atoms with Gasteiger partial charge in [0.25, 0.3) is 0 Å². The van der Waals surface area contributed by atoms with Crippen LogP contribution in [0.15, 0.2) is 18.2 Å². The fraction of sp³-hybridized carbons (Fsp3) is 0.571. The van der Waals surface area contributed by atoms with Crippen LogP contribution >= 0.6 is 23.2 Å². The van der Waals surface area contributed by atoms with Crippen molar-refractivity contribution in [3.63, 3.8) is 0 Å². The predicted octanol–water partition coefficient (Wildman–Crippen LogP) is 4.61. The minimum absolute atomic E-state index is 0.0760. The molecule has 102 valence electrons. The van der Waals surface area contributed by atoms with Crippen molar-refractivity contribution in [1.29, 1.82) is 0 Å². The van der Waals surface area contributed by atoms with Gasteiger partial charge in [-0.2, -0.15) is 0 Å². The Hall–Kier alpha value is -0.310. The maximum atomic E-state index is 13.6. The van der Waals surface area contributed by atoms with Crippen LogP contribution in [0.5, 0.6) is 0 Å². The zero-order valence-electron chi connectivity index (χ0n) is 11.1. The van der Waals surface area contributed by atoms with Crippen molar-refractivity contribution in [3.8, 4) is 0 Å². The van der Waals surface area contributed by atoms with Gasteiger partial charge >= 0.3 is 0 Å². The molecule has 0 aromatic heterocycles. The quantitative estimate of drug-likeness (QED) is 0.781. The molecule has 18 heavy (non-hydrogen) atoms. The number of rotatable bonds is 5. The van der Waals surface area contributed by atoms with Gasteiger partial charge in [0.15, 0.2) is 0 Å². The lowest BCUT2D eigenvalue weighted by atomic mass is 9.85. The van der Waals surface area contributed by atoms with Crippen molar-refractivity contribution in [1.82, 2.24) is 5.32 Å². The molecule has 1 aromatic carbocycles. The molecule has 0 amide bonds. The molecule has 0 aliphatic carbocycles. The van der Waals surface area contributed by atoms with Crippen LogP contribution in [0.2, 0.25) is 5.02 Å². The third kappa shape index (κ3) is 4.42. The number of alkyl halides is 1. The van der Waals surface area contributed by atoms with Crippen molar-refractivity contribution in [2.75, 3.05) is 5.88 Å². The Morgan fingerprint density at radius 1 is 1.33 bits per heavy atom. The molecule has 1 aromatic rings. The molecule has 0 radical (unpaired) electrons. The van der Waals surface area contributed by atoms with Crippen LogP contribution in [0, 0.1) is 11.2 Å². The summed E-state index contributed by atoms with van der Waals surface area (Å²) >= 11 is 11.8. The van der Waals surface area contributed by atoms with Crippen LogP contribution in [0.4, 0.5) is 4.39 Å². The molecule has 1 unspecified atom stereocenters. The molecular weight excluding hydrogens is 272 g/mol. The second-order valence-corrected chi connectivity index (χ2v) is 6.26. The van der Waals surface area contributed by atoms with E-state index in [1.165, 1.54) is 6.07 Å². The lowest BCUT2D eigenvalue weighted by Crippen LogP contribution is -2.40. The average molecular weight is 292 g/mol. The third-order valence-electron chi connectivity index (χ3n) is 3.03. The summed E-state index contributed by atoms with van der Waals surface area (Å²) in [4.78, 5) is 0. The van der Waals surface area contributed by atoms with Gasteiger partial charge in [0.2, 0.25) is 0 Å².